The smallest absolute Gasteiger partial charge is 0.151 e. The monoisotopic (exact) mass is 196 g/mol. The molecule has 1 rings (SSSR count). The maximum atomic E-state index is 4.04. The molecule has 0 atom stereocenters. The fourth-order valence-electron chi connectivity index (χ4n) is 1.42. The van der Waals surface area contributed by atoms with E-state index in [-0.39, 0.29) is 0 Å². The Morgan fingerprint density at radius 1 is 1.29 bits per heavy atom. The molecule has 0 unspecified atom stereocenters. The third kappa shape index (κ3) is 3.44. The topological polar surface area (TPSA) is 43.6 Å². The van der Waals surface area contributed by atoms with Crippen LogP contribution in [0.1, 0.15) is 45.9 Å². The van der Waals surface area contributed by atoms with Crippen LogP contribution in [0.5, 0.6) is 0 Å². The highest BCUT2D eigenvalue weighted by atomic mass is 15.5. The van der Waals surface area contributed by atoms with Crippen molar-refractivity contribution in [1.29, 1.82) is 0 Å². The second kappa shape index (κ2) is 5.73. The van der Waals surface area contributed by atoms with Crippen molar-refractivity contribution in [2.24, 2.45) is 5.92 Å². The van der Waals surface area contributed by atoms with Gasteiger partial charge in [0.2, 0.25) is 0 Å². The predicted octanol–water partition coefficient (Wildman–Crippen LogP) is 2.06. The van der Waals surface area contributed by atoms with Crippen molar-refractivity contribution in [1.82, 2.24) is 20.2 Å². The zero-order chi connectivity index (χ0) is 10.4. The Hall–Kier alpha value is -0.930. The van der Waals surface area contributed by atoms with Crippen molar-refractivity contribution in [3.05, 3.63) is 5.82 Å². The Morgan fingerprint density at radius 2 is 2.07 bits per heavy atom. The SMILES string of the molecule is CCCCCc1nnnn1CC(C)C. The van der Waals surface area contributed by atoms with E-state index in [9.17, 15) is 0 Å². The molecule has 0 aliphatic heterocycles. The molecule has 0 saturated carbocycles. The lowest BCUT2D eigenvalue weighted by Gasteiger charge is -2.06. The molecule has 0 aliphatic rings. The van der Waals surface area contributed by atoms with Gasteiger partial charge in [-0.15, -0.1) is 5.10 Å². The fourth-order valence-corrected chi connectivity index (χ4v) is 1.42. The van der Waals surface area contributed by atoms with Crippen molar-refractivity contribution >= 4 is 0 Å². The molecule has 4 nitrogen and oxygen atoms in total. The minimum atomic E-state index is 0.600. The van der Waals surface area contributed by atoms with Gasteiger partial charge in [0.25, 0.3) is 0 Å². The number of hydrogen-bond acceptors (Lipinski definition) is 3. The minimum absolute atomic E-state index is 0.600. The number of aryl methyl sites for hydroxylation is 1. The van der Waals surface area contributed by atoms with Gasteiger partial charge >= 0.3 is 0 Å². The van der Waals surface area contributed by atoms with E-state index in [0.717, 1.165) is 18.8 Å². The van der Waals surface area contributed by atoms with Crippen LogP contribution in [0.4, 0.5) is 0 Å². The summed E-state index contributed by atoms with van der Waals surface area (Å²) in [5, 5.41) is 11.8. The van der Waals surface area contributed by atoms with Crippen LogP contribution < -0.4 is 0 Å². The van der Waals surface area contributed by atoms with Crippen molar-refractivity contribution in [3.8, 4) is 0 Å². The van der Waals surface area contributed by atoms with E-state index >= 15 is 0 Å². The number of rotatable bonds is 6. The minimum Gasteiger partial charge on any atom is -0.229 e. The molecule has 1 aromatic heterocycles. The van der Waals surface area contributed by atoms with Gasteiger partial charge in [0.15, 0.2) is 5.82 Å². The number of nitrogens with zero attached hydrogens (tertiary/aromatic N) is 4. The average molecular weight is 196 g/mol. The predicted molar refractivity (Wildman–Crippen MR) is 55.9 cm³/mol. The van der Waals surface area contributed by atoms with Crippen LogP contribution in [-0.4, -0.2) is 20.2 Å². The summed E-state index contributed by atoms with van der Waals surface area (Å²) in [6, 6.07) is 0. The Kier molecular flexibility index (Phi) is 4.56. The van der Waals surface area contributed by atoms with Gasteiger partial charge in [0.05, 0.1) is 0 Å². The first kappa shape index (κ1) is 11.1. The number of aromatic nitrogens is 4. The van der Waals surface area contributed by atoms with E-state index in [2.05, 4.69) is 36.3 Å². The Balaban J connectivity index is 2.45. The van der Waals surface area contributed by atoms with Gasteiger partial charge < -0.3 is 0 Å². The standard InChI is InChI=1S/C10H20N4/c1-4-5-6-7-10-11-12-13-14(10)8-9(2)3/h9H,4-8H2,1-3H3. The molecule has 0 radical (unpaired) electrons. The zero-order valence-corrected chi connectivity index (χ0v) is 9.40. The van der Waals surface area contributed by atoms with E-state index in [1.54, 1.807) is 0 Å². The Labute approximate surface area is 85.7 Å². The van der Waals surface area contributed by atoms with Gasteiger partial charge in [-0.05, 0) is 22.8 Å². The molecule has 0 fully saturated rings. The summed E-state index contributed by atoms with van der Waals surface area (Å²) < 4.78 is 1.93. The van der Waals surface area contributed by atoms with Crippen LogP contribution in [0.2, 0.25) is 0 Å². The van der Waals surface area contributed by atoms with Gasteiger partial charge in [-0.1, -0.05) is 33.6 Å². The van der Waals surface area contributed by atoms with Gasteiger partial charge in [0.1, 0.15) is 0 Å². The zero-order valence-electron chi connectivity index (χ0n) is 9.40. The number of hydrogen-bond donors (Lipinski definition) is 0. The molecule has 0 N–H and O–H groups in total. The molecule has 0 spiro atoms. The largest absolute Gasteiger partial charge is 0.229 e. The molecule has 80 valence electrons. The fraction of sp³-hybridized carbons (Fsp3) is 0.900. The summed E-state index contributed by atoms with van der Waals surface area (Å²) in [6.07, 6.45) is 4.70. The third-order valence-corrected chi connectivity index (χ3v) is 2.15. The molecule has 14 heavy (non-hydrogen) atoms. The lowest BCUT2D eigenvalue weighted by Crippen LogP contribution is -2.10. The summed E-state index contributed by atoms with van der Waals surface area (Å²) in [5.41, 5.74) is 0. The number of unbranched alkanes of at least 4 members (excludes halogenated alkanes) is 2. The second-order valence-corrected chi connectivity index (χ2v) is 4.13. The van der Waals surface area contributed by atoms with Gasteiger partial charge in [-0.25, -0.2) is 4.68 Å². The van der Waals surface area contributed by atoms with E-state index in [4.69, 9.17) is 0 Å². The molecule has 1 aromatic rings. The molecule has 0 aliphatic carbocycles. The van der Waals surface area contributed by atoms with Crippen molar-refractivity contribution in [2.45, 2.75) is 53.0 Å². The molecule has 1 heterocycles. The first-order valence-electron chi connectivity index (χ1n) is 5.49. The summed E-state index contributed by atoms with van der Waals surface area (Å²) in [6.45, 7) is 7.49. The quantitative estimate of drug-likeness (QED) is 0.654. The summed E-state index contributed by atoms with van der Waals surface area (Å²) in [7, 11) is 0. The van der Waals surface area contributed by atoms with E-state index in [1.165, 1.54) is 19.3 Å². The molecular formula is C10H20N4. The second-order valence-electron chi connectivity index (χ2n) is 4.13. The lowest BCUT2D eigenvalue weighted by atomic mass is 10.2. The van der Waals surface area contributed by atoms with Crippen LogP contribution in [0, 0.1) is 5.92 Å². The van der Waals surface area contributed by atoms with Crippen LogP contribution >= 0.6 is 0 Å². The first-order chi connectivity index (χ1) is 6.74. The summed E-state index contributed by atoms with van der Waals surface area (Å²) in [5.74, 6) is 1.63. The van der Waals surface area contributed by atoms with Crippen LogP contribution in [0.3, 0.4) is 0 Å². The highest BCUT2D eigenvalue weighted by Crippen LogP contribution is 2.05. The van der Waals surface area contributed by atoms with Gasteiger partial charge in [-0.2, -0.15) is 0 Å². The van der Waals surface area contributed by atoms with E-state index < -0.39 is 0 Å². The van der Waals surface area contributed by atoms with Crippen LogP contribution in [0.25, 0.3) is 0 Å². The maximum absolute atomic E-state index is 4.04. The molecule has 0 bridgehead atoms. The maximum Gasteiger partial charge on any atom is 0.151 e. The normalized spacial score (nSPS) is 11.1. The summed E-state index contributed by atoms with van der Waals surface area (Å²) in [4.78, 5) is 0. The highest BCUT2D eigenvalue weighted by Gasteiger charge is 2.06. The van der Waals surface area contributed by atoms with Crippen molar-refractivity contribution < 1.29 is 0 Å². The Morgan fingerprint density at radius 3 is 2.71 bits per heavy atom. The Bertz CT molecular complexity index is 254. The van der Waals surface area contributed by atoms with Crippen LogP contribution in [-0.2, 0) is 13.0 Å². The molecule has 4 heteroatoms. The molecular weight excluding hydrogens is 176 g/mol. The van der Waals surface area contributed by atoms with Crippen molar-refractivity contribution in [3.63, 3.8) is 0 Å². The van der Waals surface area contributed by atoms with Crippen molar-refractivity contribution in [2.75, 3.05) is 0 Å². The summed E-state index contributed by atoms with van der Waals surface area (Å²) >= 11 is 0. The molecule has 0 aromatic carbocycles. The highest BCUT2D eigenvalue weighted by molar-refractivity contribution is 4.80. The number of tetrazole rings is 1. The lowest BCUT2D eigenvalue weighted by molar-refractivity contribution is 0.455. The van der Waals surface area contributed by atoms with Crippen LogP contribution in [0.15, 0.2) is 0 Å². The van der Waals surface area contributed by atoms with Gasteiger partial charge in [0, 0.05) is 13.0 Å². The average Bonchev–Trinajstić information content (AvgIpc) is 2.52. The molecule has 0 amide bonds. The van der Waals surface area contributed by atoms with Gasteiger partial charge in [-0.3, -0.25) is 0 Å². The molecule has 0 saturated heterocycles. The van der Waals surface area contributed by atoms with E-state index in [1.807, 2.05) is 4.68 Å². The van der Waals surface area contributed by atoms with E-state index in [0.29, 0.717) is 5.92 Å². The first-order valence-corrected chi connectivity index (χ1v) is 5.49. The third-order valence-electron chi connectivity index (χ3n) is 2.15.